The molecule has 2 aromatic rings. The monoisotopic (exact) mass is 516 g/mol. The van der Waals surface area contributed by atoms with Gasteiger partial charge in [0.15, 0.2) is 5.11 Å². The summed E-state index contributed by atoms with van der Waals surface area (Å²) in [5.74, 6) is 0.678. The highest BCUT2D eigenvalue weighted by molar-refractivity contribution is 7.80. The van der Waals surface area contributed by atoms with Gasteiger partial charge in [-0.05, 0) is 73.4 Å². The Morgan fingerprint density at radius 2 is 1.82 bits per heavy atom. The lowest BCUT2D eigenvalue weighted by Gasteiger charge is -2.32. The van der Waals surface area contributed by atoms with E-state index < -0.39 is 5.54 Å². The Morgan fingerprint density at radius 1 is 1.18 bits per heavy atom. The van der Waals surface area contributed by atoms with E-state index in [2.05, 4.69) is 51.3 Å². The molecule has 1 aliphatic heterocycles. The van der Waals surface area contributed by atoms with Gasteiger partial charge in [-0.15, -0.1) is 0 Å². The van der Waals surface area contributed by atoms with Crippen LogP contribution in [-0.2, 0) is 4.79 Å². The van der Waals surface area contributed by atoms with Crippen molar-refractivity contribution in [2.75, 3.05) is 10.2 Å². The molecule has 0 radical (unpaired) electrons. The molecule has 2 aromatic carbocycles. The molecule has 1 atom stereocenters. The van der Waals surface area contributed by atoms with E-state index in [1.807, 2.05) is 47.4 Å². The largest absolute Gasteiger partial charge is 0.326 e. The number of hydrogen-bond acceptors (Lipinski definition) is 3. The van der Waals surface area contributed by atoms with E-state index in [1.54, 1.807) is 6.07 Å². The molecule has 0 spiro atoms. The van der Waals surface area contributed by atoms with Crippen molar-refractivity contribution in [1.82, 2.24) is 5.32 Å². The maximum Gasteiger partial charge on any atom is 0.221 e. The van der Waals surface area contributed by atoms with Crippen LogP contribution in [0.5, 0.6) is 0 Å². The smallest absolute Gasteiger partial charge is 0.221 e. The van der Waals surface area contributed by atoms with Crippen molar-refractivity contribution in [3.8, 4) is 0 Å². The molecule has 34 heavy (non-hydrogen) atoms. The third-order valence-electron chi connectivity index (χ3n) is 5.59. The van der Waals surface area contributed by atoms with Gasteiger partial charge >= 0.3 is 0 Å². The standard InChI is InChI=1S/C26H30Cl2N4OS/c1-16(33)29-19-10-12-20(13-11-19)32-24(34)31-23(26(32,5)6)30-22(25(2,3)4)14-8-17-7-9-18(27)15-21(17)28/h7-15,22H,1-6H3,(H,29,33)(H,30,31,34). The first kappa shape index (κ1) is 26.2. The summed E-state index contributed by atoms with van der Waals surface area (Å²) >= 11 is 18.1. The van der Waals surface area contributed by atoms with Crippen LogP contribution in [0.1, 0.15) is 47.1 Å². The number of halogens is 2. The minimum absolute atomic E-state index is 0.109. The molecule has 0 bridgehead atoms. The summed E-state index contributed by atoms with van der Waals surface area (Å²) in [6.45, 7) is 12.1. The molecule has 1 aliphatic rings. The van der Waals surface area contributed by atoms with Gasteiger partial charge in [0, 0.05) is 28.3 Å². The van der Waals surface area contributed by atoms with E-state index in [0.717, 1.165) is 22.8 Å². The minimum Gasteiger partial charge on any atom is -0.326 e. The maximum atomic E-state index is 11.3. The SMILES string of the molecule is CC(=O)Nc1ccc(N2C(=S)NC(=NC(C=Cc3ccc(Cl)cc3Cl)C(C)(C)C)C2(C)C)cc1. The number of carbonyl (C=O) groups is 1. The van der Waals surface area contributed by atoms with E-state index in [1.165, 1.54) is 6.92 Å². The highest BCUT2D eigenvalue weighted by Crippen LogP contribution is 2.33. The van der Waals surface area contributed by atoms with Crippen molar-refractivity contribution >= 4 is 69.7 Å². The number of amides is 1. The van der Waals surface area contributed by atoms with Crippen LogP contribution >= 0.6 is 35.4 Å². The van der Waals surface area contributed by atoms with Crippen molar-refractivity contribution in [1.29, 1.82) is 0 Å². The number of benzene rings is 2. The Bertz CT molecular complexity index is 1150. The van der Waals surface area contributed by atoms with Gasteiger partial charge in [0.1, 0.15) is 5.84 Å². The predicted octanol–water partition coefficient (Wildman–Crippen LogP) is 6.95. The minimum atomic E-state index is -0.498. The van der Waals surface area contributed by atoms with Gasteiger partial charge in [-0.1, -0.05) is 62.2 Å². The lowest BCUT2D eigenvalue weighted by atomic mass is 9.86. The van der Waals surface area contributed by atoms with Gasteiger partial charge in [0.05, 0.1) is 11.6 Å². The van der Waals surface area contributed by atoms with E-state index >= 15 is 0 Å². The number of amidine groups is 1. The Morgan fingerprint density at radius 3 is 2.38 bits per heavy atom. The van der Waals surface area contributed by atoms with Crippen molar-refractivity contribution in [2.24, 2.45) is 10.4 Å². The molecule has 8 heteroatoms. The molecule has 0 aliphatic carbocycles. The summed E-state index contributed by atoms with van der Waals surface area (Å²) < 4.78 is 0. The zero-order chi connectivity index (χ0) is 25.3. The second kappa shape index (κ2) is 10.1. The quantitative estimate of drug-likeness (QED) is 0.422. The lowest BCUT2D eigenvalue weighted by molar-refractivity contribution is -0.114. The van der Waals surface area contributed by atoms with Crippen LogP contribution in [0.2, 0.25) is 10.0 Å². The summed E-state index contributed by atoms with van der Waals surface area (Å²) in [4.78, 5) is 18.5. The van der Waals surface area contributed by atoms with Crippen molar-refractivity contribution < 1.29 is 4.79 Å². The molecular formula is C26H30Cl2N4OS. The topological polar surface area (TPSA) is 56.7 Å². The average Bonchev–Trinajstić information content (AvgIpc) is 2.93. The lowest BCUT2D eigenvalue weighted by Crippen LogP contribution is -2.45. The number of thiocarbonyl (C=S) groups is 1. The Balaban J connectivity index is 1.92. The average molecular weight is 518 g/mol. The van der Waals surface area contributed by atoms with E-state index in [9.17, 15) is 4.79 Å². The summed E-state index contributed by atoms with van der Waals surface area (Å²) in [7, 11) is 0. The molecule has 2 N–H and O–H groups in total. The highest BCUT2D eigenvalue weighted by Gasteiger charge is 2.43. The third kappa shape index (κ3) is 5.98. The van der Waals surface area contributed by atoms with Crippen LogP contribution in [0, 0.1) is 5.41 Å². The number of anilines is 2. The van der Waals surface area contributed by atoms with Crippen molar-refractivity contribution in [3.63, 3.8) is 0 Å². The molecule has 1 amide bonds. The van der Waals surface area contributed by atoms with Gasteiger partial charge in [0.25, 0.3) is 0 Å². The zero-order valence-corrected chi connectivity index (χ0v) is 22.6. The molecule has 1 unspecified atom stereocenters. The zero-order valence-electron chi connectivity index (χ0n) is 20.2. The molecule has 3 rings (SSSR count). The predicted molar refractivity (Wildman–Crippen MR) is 149 cm³/mol. The summed E-state index contributed by atoms with van der Waals surface area (Å²) in [5, 5.41) is 7.88. The summed E-state index contributed by atoms with van der Waals surface area (Å²) in [5.41, 5.74) is 1.89. The second-order valence-electron chi connectivity index (χ2n) is 9.87. The normalized spacial score (nSPS) is 17.8. The van der Waals surface area contributed by atoms with Gasteiger partial charge < -0.3 is 15.5 Å². The number of hydrogen-bond donors (Lipinski definition) is 2. The summed E-state index contributed by atoms with van der Waals surface area (Å²) in [6.07, 6.45) is 4.05. The van der Waals surface area contributed by atoms with Gasteiger partial charge in [-0.2, -0.15) is 0 Å². The Labute approximate surface area is 217 Å². The fourth-order valence-electron chi connectivity index (χ4n) is 3.69. The molecule has 0 saturated carbocycles. The second-order valence-corrected chi connectivity index (χ2v) is 11.1. The first-order valence-electron chi connectivity index (χ1n) is 11.0. The Kier molecular flexibility index (Phi) is 7.75. The van der Waals surface area contributed by atoms with Crippen molar-refractivity contribution in [2.45, 2.75) is 53.1 Å². The molecule has 1 saturated heterocycles. The van der Waals surface area contributed by atoms with E-state index in [0.29, 0.717) is 15.2 Å². The maximum absolute atomic E-state index is 11.3. The number of nitrogens with one attached hydrogen (secondary N) is 2. The van der Waals surface area contributed by atoms with Crippen LogP contribution in [-0.4, -0.2) is 28.4 Å². The fraction of sp³-hybridized carbons (Fsp3) is 0.346. The molecule has 1 fully saturated rings. The van der Waals surface area contributed by atoms with Gasteiger partial charge in [0.2, 0.25) is 5.91 Å². The number of aliphatic imine (C=N–C) groups is 1. The van der Waals surface area contributed by atoms with Crippen LogP contribution < -0.4 is 15.5 Å². The fourth-order valence-corrected chi connectivity index (χ4v) is 4.59. The Hall–Kier alpha value is -2.41. The van der Waals surface area contributed by atoms with Gasteiger partial charge in [-0.25, -0.2) is 0 Å². The molecular weight excluding hydrogens is 487 g/mol. The van der Waals surface area contributed by atoms with E-state index in [4.69, 9.17) is 40.4 Å². The van der Waals surface area contributed by atoms with Crippen LogP contribution in [0.15, 0.2) is 53.5 Å². The van der Waals surface area contributed by atoms with Crippen LogP contribution in [0.25, 0.3) is 6.08 Å². The van der Waals surface area contributed by atoms with Gasteiger partial charge in [-0.3, -0.25) is 9.79 Å². The number of carbonyl (C=O) groups excluding carboxylic acids is 1. The highest BCUT2D eigenvalue weighted by atomic mass is 35.5. The third-order valence-corrected chi connectivity index (χ3v) is 6.44. The van der Waals surface area contributed by atoms with Crippen LogP contribution in [0.3, 0.4) is 0 Å². The first-order chi connectivity index (χ1) is 15.8. The van der Waals surface area contributed by atoms with E-state index in [-0.39, 0.29) is 17.4 Å². The molecule has 5 nitrogen and oxygen atoms in total. The number of rotatable bonds is 5. The molecule has 180 valence electrons. The first-order valence-corrected chi connectivity index (χ1v) is 12.2. The number of nitrogens with zero attached hydrogens (tertiary/aromatic N) is 2. The molecule has 0 aromatic heterocycles. The van der Waals surface area contributed by atoms with Crippen molar-refractivity contribution in [3.05, 3.63) is 64.1 Å². The van der Waals surface area contributed by atoms with Crippen LogP contribution in [0.4, 0.5) is 11.4 Å². The molecule has 1 heterocycles. The summed E-state index contributed by atoms with van der Waals surface area (Å²) in [6, 6.07) is 12.9.